The molecule has 0 aromatic rings. The second kappa shape index (κ2) is 3.36. The van der Waals surface area contributed by atoms with Gasteiger partial charge in [0, 0.05) is 17.0 Å². The van der Waals surface area contributed by atoms with Gasteiger partial charge in [-0.1, -0.05) is 0 Å². The van der Waals surface area contributed by atoms with Gasteiger partial charge in [-0.2, -0.15) is 11.8 Å². The van der Waals surface area contributed by atoms with Gasteiger partial charge >= 0.3 is 0 Å². The zero-order valence-electron chi connectivity index (χ0n) is 7.18. The van der Waals surface area contributed by atoms with Gasteiger partial charge in [-0.15, -0.1) is 0 Å². The predicted octanol–water partition coefficient (Wildman–Crippen LogP) is 1.88. The summed E-state index contributed by atoms with van der Waals surface area (Å²) >= 11 is 2.14. The lowest BCUT2D eigenvalue weighted by Crippen LogP contribution is -2.39. The van der Waals surface area contributed by atoms with Crippen LogP contribution in [0.4, 0.5) is 0 Å². The van der Waals surface area contributed by atoms with Crippen LogP contribution in [0.3, 0.4) is 0 Å². The molecule has 2 heterocycles. The molecule has 1 N–H and O–H groups in total. The normalized spacial score (nSPS) is 43.9. The lowest BCUT2D eigenvalue weighted by molar-refractivity contribution is 0.285. The minimum absolute atomic E-state index is 0.782. The molecule has 2 heteroatoms. The van der Waals surface area contributed by atoms with Crippen LogP contribution in [0.25, 0.3) is 0 Å². The van der Waals surface area contributed by atoms with E-state index in [1.54, 1.807) is 0 Å². The molecule has 0 aromatic carbocycles. The molecule has 0 amide bonds. The highest BCUT2D eigenvalue weighted by molar-refractivity contribution is 8.06. The molecule has 0 spiro atoms. The maximum absolute atomic E-state index is 3.56. The van der Waals surface area contributed by atoms with Crippen LogP contribution in [-0.4, -0.2) is 23.6 Å². The summed E-state index contributed by atoms with van der Waals surface area (Å²) in [6, 6.07) is 0.782. The molecule has 0 bridgehead atoms. The predicted molar refractivity (Wildman–Crippen MR) is 51.1 cm³/mol. The average molecular weight is 171 g/mol. The van der Waals surface area contributed by atoms with Crippen LogP contribution in [0.5, 0.6) is 0 Å². The standard InChI is InChI=1S/C9H17NS/c1-7-8(3-2-4-10-7)5-9-6-11-9/h7-10H,2-6H2,1H3/t7-,8+,9?/m1/s1. The number of piperidine rings is 1. The van der Waals surface area contributed by atoms with Crippen LogP contribution in [0.15, 0.2) is 0 Å². The number of thioether (sulfide) groups is 1. The number of nitrogens with one attached hydrogen (secondary N) is 1. The third-order valence-electron chi connectivity index (χ3n) is 2.89. The first kappa shape index (κ1) is 7.93. The zero-order valence-corrected chi connectivity index (χ0v) is 7.99. The van der Waals surface area contributed by atoms with Crippen molar-refractivity contribution in [3.8, 4) is 0 Å². The third-order valence-corrected chi connectivity index (χ3v) is 3.89. The molecule has 2 aliphatic rings. The zero-order chi connectivity index (χ0) is 7.68. The molecule has 2 aliphatic heterocycles. The van der Waals surface area contributed by atoms with E-state index in [1.807, 2.05) is 0 Å². The van der Waals surface area contributed by atoms with Gasteiger partial charge in [0.1, 0.15) is 0 Å². The van der Waals surface area contributed by atoms with Crippen LogP contribution in [0.2, 0.25) is 0 Å². The summed E-state index contributed by atoms with van der Waals surface area (Å²) in [4.78, 5) is 0. The van der Waals surface area contributed by atoms with Crippen molar-refractivity contribution in [3.05, 3.63) is 0 Å². The molecule has 0 aliphatic carbocycles. The molecule has 2 fully saturated rings. The highest BCUT2D eigenvalue weighted by Crippen LogP contribution is 2.38. The average Bonchev–Trinajstić information content (AvgIpc) is 2.78. The largest absolute Gasteiger partial charge is 0.314 e. The molecule has 1 nitrogen and oxygen atoms in total. The van der Waals surface area contributed by atoms with Gasteiger partial charge in [0.25, 0.3) is 0 Å². The fourth-order valence-electron chi connectivity index (χ4n) is 1.97. The summed E-state index contributed by atoms with van der Waals surface area (Å²) in [7, 11) is 0. The molecule has 64 valence electrons. The SMILES string of the molecule is C[C@H]1NCCC[C@H]1CC1CS1. The summed E-state index contributed by atoms with van der Waals surface area (Å²) < 4.78 is 0. The Balaban J connectivity index is 1.78. The van der Waals surface area contributed by atoms with Crippen LogP contribution >= 0.6 is 11.8 Å². The molecule has 1 unspecified atom stereocenters. The second-order valence-electron chi connectivity index (χ2n) is 3.84. The van der Waals surface area contributed by atoms with Gasteiger partial charge in [-0.25, -0.2) is 0 Å². The Hall–Kier alpha value is 0.310. The van der Waals surface area contributed by atoms with Crippen molar-refractivity contribution in [2.75, 3.05) is 12.3 Å². The lowest BCUT2D eigenvalue weighted by atomic mass is 9.88. The summed E-state index contributed by atoms with van der Waals surface area (Å²) in [5, 5.41) is 4.59. The van der Waals surface area contributed by atoms with Gasteiger partial charge in [0.15, 0.2) is 0 Å². The quantitative estimate of drug-likeness (QED) is 0.637. The van der Waals surface area contributed by atoms with E-state index in [0.29, 0.717) is 0 Å². The lowest BCUT2D eigenvalue weighted by Gasteiger charge is -2.29. The van der Waals surface area contributed by atoms with Crippen molar-refractivity contribution in [1.82, 2.24) is 5.32 Å². The molecule has 11 heavy (non-hydrogen) atoms. The molecular formula is C9H17NS. The number of hydrogen-bond acceptors (Lipinski definition) is 2. The first-order valence-corrected chi connectivity index (χ1v) is 5.76. The molecule has 0 saturated carbocycles. The Labute approximate surface area is 73.3 Å². The van der Waals surface area contributed by atoms with E-state index < -0.39 is 0 Å². The minimum Gasteiger partial charge on any atom is -0.314 e. The fraction of sp³-hybridized carbons (Fsp3) is 1.00. The molecule has 2 saturated heterocycles. The van der Waals surface area contributed by atoms with Crippen LogP contribution < -0.4 is 5.32 Å². The Morgan fingerprint density at radius 2 is 2.36 bits per heavy atom. The van der Waals surface area contributed by atoms with Crippen molar-refractivity contribution in [2.45, 2.75) is 37.5 Å². The van der Waals surface area contributed by atoms with Crippen LogP contribution in [0, 0.1) is 5.92 Å². The molecular weight excluding hydrogens is 154 g/mol. The van der Waals surface area contributed by atoms with Gasteiger partial charge in [-0.3, -0.25) is 0 Å². The Morgan fingerprint density at radius 3 is 3.00 bits per heavy atom. The summed E-state index contributed by atoms with van der Waals surface area (Å²) in [6.45, 7) is 3.59. The summed E-state index contributed by atoms with van der Waals surface area (Å²) in [5.74, 6) is 2.41. The summed E-state index contributed by atoms with van der Waals surface area (Å²) in [5.41, 5.74) is 0. The topological polar surface area (TPSA) is 12.0 Å². The van der Waals surface area contributed by atoms with Crippen molar-refractivity contribution < 1.29 is 0 Å². The van der Waals surface area contributed by atoms with Crippen molar-refractivity contribution in [3.63, 3.8) is 0 Å². The highest BCUT2D eigenvalue weighted by atomic mass is 32.2. The molecule has 0 radical (unpaired) electrons. The number of rotatable bonds is 2. The first-order valence-electron chi connectivity index (χ1n) is 4.71. The third kappa shape index (κ3) is 2.12. The van der Waals surface area contributed by atoms with E-state index in [0.717, 1.165) is 17.2 Å². The molecule has 2 rings (SSSR count). The van der Waals surface area contributed by atoms with E-state index in [9.17, 15) is 0 Å². The Morgan fingerprint density at radius 1 is 1.55 bits per heavy atom. The van der Waals surface area contributed by atoms with Gasteiger partial charge in [0.2, 0.25) is 0 Å². The Kier molecular flexibility index (Phi) is 2.42. The maximum atomic E-state index is 3.56. The monoisotopic (exact) mass is 171 g/mol. The van der Waals surface area contributed by atoms with Crippen LogP contribution in [-0.2, 0) is 0 Å². The summed E-state index contributed by atoms with van der Waals surface area (Å²) in [6.07, 6.45) is 4.33. The van der Waals surface area contributed by atoms with E-state index in [1.165, 1.54) is 31.6 Å². The van der Waals surface area contributed by atoms with Crippen molar-refractivity contribution in [2.24, 2.45) is 5.92 Å². The van der Waals surface area contributed by atoms with E-state index in [2.05, 4.69) is 24.0 Å². The van der Waals surface area contributed by atoms with Crippen LogP contribution in [0.1, 0.15) is 26.2 Å². The van der Waals surface area contributed by atoms with Gasteiger partial charge < -0.3 is 5.32 Å². The van der Waals surface area contributed by atoms with E-state index in [4.69, 9.17) is 0 Å². The minimum atomic E-state index is 0.782. The second-order valence-corrected chi connectivity index (χ2v) is 5.17. The van der Waals surface area contributed by atoms with Gasteiger partial charge in [-0.05, 0) is 38.6 Å². The van der Waals surface area contributed by atoms with Crippen molar-refractivity contribution in [1.29, 1.82) is 0 Å². The number of hydrogen-bond donors (Lipinski definition) is 1. The highest BCUT2D eigenvalue weighted by Gasteiger charge is 2.29. The fourth-order valence-corrected chi connectivity index (χ4v) is 2.63. The van der Waals surface area contributed by atoms with E-state index in [-0.39, 0.29) is 0 Å². The molecule has 3 atom stereocenters. The van der Waals surface area contributed by atoms with E-state index >= 15 is 0 Å². The molecule has 0 aromatic heterocycles. The Bertz CT molecular complexity index is 134. The smallest absolute Gasteiger partial charge is 0.0141 e. The maximum Gasteiger partial charge on any atom is 0.0141 e. The van der Waals surface area contributed by atoms with Crippen molar-refractivity contribution >= 4 is 11.8 Å². The van der Waals surface area contributed by atoms with Gasteiger partial charge in [0.05, 0.1) is 0 Å². The first-order chi connectivity index (χ1) is 5.36.